The molecule has 0 bridgehead atoms. The number of hydrogen-bond donors (Lipinski definition) is 0. The van der Waals surface area contributed by atoms with Gasteiger partial charge in [-0.3, -0.25) is 0 Å². The summed E-state index contributed by atoms with van der Waals surface area (Å²) in [6.07, 6.45) is 0. The first-order valence-corrected chi connectivity index (χ1v) is 9.05. The van der Waals surface area contributed by atoms with Gasteiger partial charge >= 0.3 is 0 Å². The van der Waals surface area contributed by atoms with E-state index >= 15 is 0 Å². The summed E-state index contributed by atoms with van der Waals surface area (Å²) in [4.78, 5) is 4.46. The van der Waals surface area contributed by atoms with Gasteiger partial charge in [0.25, 0.3) is 0 Å². The quantitative estimate of drug-likeness (QED) is 0.873. The minimum absolute atomic E-state index is 0.0471. The third-order valence-electron chi connectivity index (χ3n) is 3.04. The molecule has 4 nitrogen and oxygen atoms in total. The van der Waals surface area contributed by atoms with Crippen LogP contribution in [0.15, 0.2) is 65.7 Å². The van der Waals surface area contributed by atoms with Gasteiger partial charge in [-0.1, -0.05) is 60.3 Å². The van der Waals surface area contributed by atoms with Crippen LogP contribution in [0.3, 0.4) is 0 Å². The van der Waals surface area contributed by atoms with Crippen LogP contribution in [0.4, 0.5) is 5.69 Å². The molecular formula is C15H14N2O2S2. The molecule has 2 aromatic rings. The Balaban J connectivity index is 1.92. The van der Waals surface area contributed by atoms with Gasteiger partial charge in [0.15, 0.2) is 5.17 Å². The number of aliphatic imine (C=N–C) groups is 1. The first-order chi connectivity index (χ1) is 10.1. The Morgan fingerprint density at radius 1 is 1.00 bits per heavy atom. The monoisotopic (exact) mass is 318 g/mol. The van der Waals surface area contributed by atoms with E-state index in [2.05, 4.69) is 4.99 Å². The molecule has 21 heavy (non-hydrogen) atoms. The highest BCUT2D eigenvalue weighted by Gasteiger charge is 2.34. The van der Waals surface area contributed by atoms with Crippen LogP contribution in [0.25, 0.3) is 0 Å². The molecule has 1 aliphatic heterocycles. The van der Waals surface area contributed by atoms with Crippen LogP contribution >= 0.6 is 11.8 Å². The van der Waals surface area contributed by atoms with E-state index in [9.17, 15) is 8.42 Å². The molecule has 0 N–H and O–H groups in total. The fourth-order valence-corrected chi connectivity index (χ4v) is 5.03. The molecule has 0 aliphatic carbocycles. The second-order valence-corrected chi connectivity index (χ2v) is 7.80. The van der Waals surface area contributed by atoms with Crippen molar-refractivity contribution >= 4 is 32.6 Å². The Kier molecular flexibility index (Phi) is 3.98. The zero-order valence-electron chi connectivity index (χ0n) is 11.2. The highest BCUT2D eigenvalue weighted by molar-refractivity contribution is 8.25. The van der Waals surface area contributed by atoms with Crippen molar-refractivity contribution in [3.05, 3.63) is 66.2 Å². The van der Waals surface area contributed by atoms with Gasteiger partial charge in [0.2, 0.25) is 10.0 Å². The van der Waals surface area contributed by atoms with Crippen molar-refractivity contribution < 1.29 is 8.42 Å². The van der Waals surface area contributed by atoms with E-state index in [1.54, 1.807) is 0 Å². The minimum Gasteiger partial charge on any atom is -0.243 e. The number of amidine groups is 1. The predicted molar refractivity (Wildman–Crippen MR) is 86.9 cm³/mol. The molecule has 0 spiro atoms. The molecule has 0 amide bonds. The third-order valence-corrected chi connectivity index (χ3v) is 6.36. The standard InChI is InChI=1S/C15H14N2O2S2/c18-21(19)12-20-15(16-14-9-5-2-6-10-14)17(21)11-13-7-3-1-4-8-13/h1-10H,11-12H2. The maximum Gasteiger partial charge on any atom is 0.246 e. The summed E-state index contributed by atoms with van der Waals surface area (Å²) >= 11 is 1.26. The number of nitrogens with zero attached hydrogens (tertiary/aromatic N) is 2. The van der Waals surface area contributed by atoms with E-state index in [0.717, 1.165) is 11.3 Å². The minimum atomic E-state index is -3.29. The number of rotatable bonds is 3. The molecule has 3 rings (SSSR count). The topological polar surface area (TPSA) is 49.7 Å². The molecule has 1 fully saturated rings. The first-order valence-electron chi connectivity index (χ1n) is 6.46. The molecule has 6 heteroatoms. The van der Waals surface area contributed by atoms with E-state index in [-0.39, 0.29) is 5.08 Å². The van der Waals surface area contributed by atoms with Crippen LogP contribution in [0.5, 0.6) is 0 Å². The Bertz CT molecular complexity index is 744. The molecule has 0 atom stereocenters. The molecule has 0 radical (unpaired) electrons. The summed E-state index contributed by atoms with van der Waals surface area (Å²) in [5.74, 6) is 0. The van der Waals surface area contributed by atoms with E-state index in [4.69, 9.17) is 0 Å². The number of sulfonamides is 1. The molecule has 0 saturated carbocycles. The normalized spacial score (nSPS) is 19.0. The van der Waals surface area contributed by atoms with Gasteiger partial charge in [0, 0.05) is 0 Å². The van der Waals surface area contributed by atoms with Crippen LogP contribution in [-0.4, -0.2) is 23.0 Å². The van der Waals surface area contributed by atoms with E-state index in [1.165, 1.54) is 16.1 Å². The van der Waals surface area contributed by atoms with Crippen molar-refractivity contribution in [2.24, 2.45) is 4.99 Å². The van der Waals surface area contributed by atoms with Crippen molar-refractivity contribution in [2.75, 3.05) is 5.08 Å². The van der Waals surface area contributed by atoms with Crippen LogP contribution in [-0.2, 0) is 16.6 Å². The Hall–Kier alpha value is -1.79. The van der Waals surface area contributed by atoms with Crippen LogP contribution in [0.2, 0.25) is 0 Å². The summed E-state index contributed by atoms with van der Waals surface area (Å²) in [6, 6.07) is 18.9. The first kappa shape index (κ1) is 14.2. The SMILES string of the molecule is O=S1(=O)CSC(=Nc2ccccc2)N1Cc1ccccc1. The Labute approximate surface area is 128 Å². The number of benzene rings is 2. The molecule has 0 aromatic heterocycles. The molecule has 2 aromatic carbocycles. The molecule has 0 unspecified atom stereocenters. The smallest absolute Gasteiger partial charge is 0.243 e. The van der Waals surface area contributed by atoms with Crippen molar-refractivity contribution in [3.63, 3.8) is 0 Å². The lowest BCUT2D eigenvalue weighted by Gasteiger charge is -2.16. The van der Waals surface area contributed by atoms with Crippen molar-refractivity contribution in [1.82, 2.24) is 4.31 Å². The van der Waals surface area contributed by atoms with Gasteiger partial charge in [0.1, 0.15) is 5.08 Å². The zero-order valence-corrected chi connectivity index (χ0v) is 12.8. The second kappa shape index (κ2) is 5.91. The lowest BCUT2D eigenvalue weighted by Crippen LogP contribution is -2.28. The largest absolute Gasteiger partial charge is 0.246 e. The predicted octanol–water partition coefficient (Wildman–Crippen LogP) is 3.21. The lowest BCUT2D eigenvalue weighted by atomic mass is 10.2. The number of thioether (sulfide) groups is 1. The average Bonchev–Trinajstić information content (AvgIpc) is 2.77. The highest BCUT2D eigenvalue weighted by Crippen LogP contribution is 2.29. The summed E-state index contributed by atoms with van der Waals surface area (Å²) < 4.78 is 25.8. The van der Waals surface area contributed by atoms with Gasteiger partial charge in [-0.25, -0.2) is 17.7 Å². The van der Waals surface area contributed by atoms with Gasteiger partial charge in [-0.2, -0.15) is 0 Å². The average molecular weight is 318 g/mol. The fraction of sp³-hybridized carbons (Fsp3) is 0.133. The number of hydrogen-bond acceptors (Lipinski definition) is 4. The van der Waals surface area contributed by atoms with E-state index in [1.807, 2.05) is 60.7 Å². The van der Waals surface area contributed by atoms with Gasteiger partial charge in [-0.05, 0) is 17.7 Å². The molecule has 1 aliphatic rings. The van der Waals surface area contributed by atoms with Crippen molar-refractivity contribution in [1.29, 1.82) is 0 Å². The highest BCUT2D eigenvalue weighted by atomic mass is 32.3. The lowest BCUT2D eigenvalue weighted by molar-refractivity contribution is 0.531. The van der Waals surface area contributed by atoms with Crippen LogP contribution < -0.4 is 0 Å². The fourth-order valence-electron chi connectivity index (χ4n) is 2.00. The van der Waals surface area contributed by atoms with Gasteiger partial charge < -0.3 is 0 Å². The Morgan fingerprint density at radius 2 is 1.62 bits per heavy atom. The van der Waals surface area contributed by atoms with Crippen molar-refractivity contribution in [3.8, 4) is 0 Å². The Morgan fingerprint density at radius 3 is 2.29 bits per heavy atom. The number of para-hydroxylation sites is 1. The molecule has 1 heterocycles. The van der Waals surface area contributed by atoms with Gasteiger partial charge in [-0.15, -0.1) is 0 Å². The summed E-state index contributed by atoms with van der Waals surface area (Å²) in [6.45, 7) is 0.321. The van der Waals surface area contributed by atoms with Crippen molar-refractivity contribution in [2.45, 2.75) is 6.54 Å². The zero-order chi connectivity index (χ0) is 14.7. The molecular weight excluding hydrogens is 304 g/mol. The van der Waals surface area contributed by atoms with Crippen LogP contribution in [0.1, 0.15) is 5.56 Å². The van der Waals surface area contributed by atoms with Gasteiger partial charge in [0.05, 0.1) is 12.2 Å². The summed E-state index contributed by atoms with van der Waals surface area (Å²) in [7, 11) is -3.29. The summed E-state index contributed by atoms with van der Waals surface area (Å²) in [5.41, 5.74) is 1.71. The van der Waals surface area contributed by atoms with E-state index in [0.29, 0.717) is 11.7 Å². The molecule has 108 valence electrons. The molecule has 1 saturated heterocycles. The van der Waals surface area contributed by atoms with E-state index < -0.39 is 10.0 Å². The maximum atomic E-state index is 12.2. The summed E-state index contributed by atoms with van der Waals surface area (Å²) in [5, 5.41) is 0.580. The third kappa shape index (κ3) is 3.28. The maximum absolute atomic E-state index is 12.2. The second-order valence-electron chi connectivity index (χ2n) is 4.60. The van der Waals surface area contributed by atoms with Crippen LogP contribution in [0, 0.1) is 0 Å².